The zero-order chi connectivity index (χ0) is 11.7. The first-order valence-corrected chi connectivity index (χ1v) is 5.79. The highest BCUT2D eigenvalue weighted by molar-refractivity contribution is 5.94. The van der Waals surface area contributed by atoms with Gasteiger partial charge < -0.3 is 4.74 Å². The number of carbonyl (C=O) groups is 2. The van der Waals surface area contributed by atoms with Gasteiger partial charge in [0.1, 0.15) is 18.3 Å². The van der Waals surface area contributed by atoms with Crippen molar-refractivity contribution in [1.29, 1.82) is 0 Å². The maximum Gasteiger partial charge on any atom is 0.313 e. The van der Waals surface area contributed by atoms with Crippen LogP contribution in [0.4, 0.5) is 0 Å². The maximum absolute atomic E-state index is 11.3. The Morgan fingerprint density at radius 2 is 1.80 bits per heavy atom. The molecule has 0 fully saturated rings. The molecule has 0 heterocycles. The minimum absolute atomic E-state index is 0.00167. The normalized spacial score (nSPS) is 12.2. The van der Waals surface area contributed by atoms with E-state index in [0.29, 0.717) is 0 Å². The largest absolute Gasteiger partial charge is 0.462 e. The summed E-state index contributed by atoms with van der Waals surface area (Å²) >= 11 is 0. The van der Waals surface area contributed by atoms with Crippen molar-refractivity contribution in [2.75, 3.05) is 0 Å². The fraction of sp³-hybridized carbons (Fsp3) is 0.833. The summed E-state index contributed by atoms with van der Waals surface area (Å²) in [5, 5.41) is 0. The van der Waals surface area contributed by atoms with Crippen LogP contribution in [-0.4, -0.2) is 17.9 Å². The van der Waals surface area contributed by atoms with Crippen LogP contribution in [0.3, 0.4) is 0 Å². The first kappa shape index (κ1) is 14.1. The van der Waals surface area contributed by atoms with Crippen molar-refractivity contribution < 1.29 is 14.3 Å². The van der Waals surface area contributed by atoms with Gasteiger partial charge in [0.25, 0.3) is 0 Å². The average Bonchev–Trinajstić information content (AvgIpc) is 2.13. The molecule has 15 heavy (non-hydrogen) atoms. The van der Waals surface area contributed by atoms with Gasteiger partial charge in [-0.2, -0.15) is 0 Å². The van der Waals surface area contributed by atoms with E-state index in [1.54, 1.807) is 0 Å². The van der Waals surface area contributed by atoms with Gasteiger partial charge in [-0.1, -0.05) is 33.1 Å². The van der Waals surface area contributed by atoms with Crippen LogP contribution in [0.15, 0.2) is 0 Å². The standard InChI is InChI=1S/C12H22O3/c1-4-6-8-11(7-5-2)15-12(14)9-10(3)13/h11H,4-9H2,1-3H3. The molecule has 3 heteroatoms. The van der Waals surface area contributed by atoms with E-state index in [9.17, 15) is 9.59 Å². The van der Waals surface area contributed by atoms with Crippen LogP contribution in [0.2, 0.25) is 0 Å². The third-order valence-corrected chi connectivity index (χ3v) is 2.18. The lowest BCUT2D eigenvalue weighted by Gasteiger charge is -2.16. The molecular formula is C12H22O3. The fourth-order valence-electron chi connectivity index (χ4n) is 1.45. The minimum Gasteiger partial charge on any atom is -0.462 e. The average molecular weight is 214 g/mol. The van der Waals surface area contributed by atoms with Crippen molar-refractivity contribution in [3.05, 3.63) is 0 Å². The molecule has 1 atom stereocenters. The monoisotopic (exact) mass is 214 g/mol. The Hall–Kier alpha value is -0.860. The Balaban J connectivity index is 3.91. The van der Waals surface area contributed by atoms with Crippen LogP contribution in [0.1, 0.15) is 59.3 Å². The summed E-state index contributed by atoms with van der Waals surface area (Å²) < 4.78 is 5.24. The Morgan fingerprint density at radius 3 is 2.27 bits per heavy atom. The molecule has 0 amide bonds. The lowest BCUT2D eigenvalue weighted by atomic mass is 10.1. The zero-order valence-corrected chi connectivity index (χ0v) is 10.0. The third-order valence-electron chi connectivity index (χ3n) is 2.18. The van der Waals surface area contributed by atoms with Crippen molar-refractivity contribution in [2.24, 2.45) is 0 Å². The SMILES string of the molecule is CCCCC(CCC)OC(=O)CC(C)=O. The van der Waals surface area contributed by atoms with E-state index in [-0.39, 0.29) is 24.3 Å². The van der Waals surface area contributed by atoms with E-state index in [1.807, 2.05) is 0 Å². The van der Waals surface area contributed by atoms with Crippen molar-refractivity contribution in [3.8, 4) is 0 Å². The molecule has 88 valence electrons. The lowest BCUT2D eigenvalue weighted by molar-refractivity contribution is -0.151. The zero-order valence-electron chi connectivity index (χ0n) is 10.0. The van der Waals surface area contributed by atoms with Gasteiger partial charge in [-0.15, -0.1) is 0 Å². The number of rotatable bonds is 8. The summed E-state index contributed by atoms with van der Waals surface area (Å²) in [4.78, 5) is 22.0. The minimum atomic E-state index is -0.378. The van der Waals surface area contributed by atoms with E-state index in [0.717, 1.165) is 32.1 Å². The number of unbranched alkanes of at least 4 members (excludes halogenated alkanes) is 1. The Kier molecular flexibility index (Phi) is 7.96. The molecule has 0 bridgehead atoms. The molecule has 0 aromatic heterocycles. The highest BCUT2D eigenvalue weighted by Crippen LogP contribution is 2.11. The van der Waals surface area contributed by atoms with Crippen molar-refractivity contribution in [1.82, 2.24) is 0 Å². The molecule has 0 spiro atoms. The molecule has 0 radical (unpaired) electrons. The quantitative estimate of drug-likeness (QED) is 0.461. The molecule has 0 aromatic rings. The van der Waals surface area contributed by atoms with Crippen LogP contribution in [-0.2, 0) is 14.3 Å². The smallest absolute Gasteiger partial charge is 0.313 e. The summed E-state index contributed by atoms with van der Waals surface area (Å²) in [5.41, 5.74) is 0. The summed E-state index contributed by atoms with van der Waals surface area (Å²) in [6, 6.07) is 0. The van der Waals surface area contributed by atoms with Gasteiger partial charge in [0.2, 0.25) is 0 Å². The number of ether oxygens (including phenoxy) is 1. The van der Waals surface area contributed by atoms with Crippen LogP contribution >= 0.6 is 0 Å². The van der Waals surface area contributed by atoms with Crippen molar-refractivity contribution in [2.45, 2.75) is 65.4 Å². The van der Waals surface area contributed by atoms with Gasteiger partial charge in [0, 0.05) is 0 Å². The van der Waals surface area contributed by atoms with Crippen molar-refractivity contribution in [3.63, 3.8) is 0 Å². The van der Waals surface area contributed by atoms with E-state index in [4.69, 9.17) is 4.74 Å². The second kappa shape index (κ2) is 8.45. The second-order valence-electron chi connectivity index (χ2n) is 3.92. The lowest BCUT2D eigenvalue weighted by Crippen LogP contribution is -2.19. The predicted octanol–water partition coefficient (Wildman–Crippen LogP) is 2.87. The van der Waals surface area contributed by atoms with Crippen molar-refractivity contribution >= 4 is 11.8 Å². The van der Waals surface area contributed by atoms with Crippen LogP contribution in [0.25, 0.3) is 0 Å². The van der Waals surface area contributed by atoms with Gasteiger partial charge in [-0.25, -0.2) is 0 Å². The highest BCUT2D eigenvalue weighted by Gasteiger charge is 2.14. The first-order valence-electron chi connectivity index (χ1n) is 5.79. The molecule has 0 rings (SSSR count). The van der Waals surface area contributed by atoms with E-state index < -0.39 is 0 Å². The number of hydrogen-bond acceptors (Lipinski definition) is 3. The first-order chi connectivity index (χ1) is 7.10. The number of hydrogen-bond donors (Lipinski definition) is 0. The maximum atomic E-state index is 11.3. The molecule has 0 N–H and O–H groups in total. The molecule has 1 unspecified atom stereocenters. The van der Waals surface area contributed by atoms with E-state index in [1.165, 1.54) is 6.92 Å². The molecule has 0 aliphatic rings. The number of Topliss-reactive ketones (excluding diaryl/α,β-unsaturated/α-hetero) is 1. The van der Waals surface area contributed by atoms with E-state index in [2.05, 4.69) is 13.8 Å². The molecule has 0 aliphatic heterocycles. The second-order valence-corrected chi connectivity index (χ2v) is 3.92. The molecule has 0 aliphatic carbocycles. The van der Waals surface area contributed by atoms with E-state index >= 15 is 0 Å². The molecule has 0 saturated heterocycles. The summed E-state index contributed by atoms with van der Waals surface area (Å²) in [6.45, 7) is 5.58. The topological polar surface area (TPSA) is 43.4 Å². The van der Waals surface area contributed by atoms with Crippen LogP contribution in [0, 0.1) is 0 Å². The highest BCUT2D eigenvalue weighted by atomic mass is 16.5. The number of esters is 1. The van der Waals surface area contributed by atoms with Gasteiger partial charge in [-0.3, -0.25) is 9.59 Å². The molecule has 0 saturated carbocycles. The summed E-state index contributed by atoms with van der Waals surface area (Å²) in [5.74, 6) is -0.511. The van der Waals surface area contributed by atoms with Crippen LogP contribution < -0.4 is 0 Å². The third kappa shape index (κ3) is 8.16. The van der Waals surface area contributed by atoms with Gasteiger partial charge in [0.05, 0.1) is 0 Å². The number of ketones is 1. The predicted molar refractivity (Wildman–Crippen MR) is 59.6 cm³/mol. The number of carbonyl (C=O) groups excluding carboxylic acids is 2. The Morgan fingerprint density at radius 1 is 1.13 bits per heavy atom. The van der Waals surface area contributed by atoms with Gasteiger partial charge >= 0.3 is 5.97 Å². The fourth-order valence-corrected chi connectivity index (χ4v) is 1.45. The summed E-state index contributed by atoms with van der Waals surface area (Å²) in [6.07, 6.45) is 4.88. The van der Waals surface area contributed by atoms with Gasteiger partial charge in [0.15, 0.2) is 0 Å². The van der Waals surface area contributed by atoms with Gasteiger partial charge in [-0.05, 0) is 19.8 Å². The summed E-state index contributed by atoms with van der Waals surface area (Å²) in [7, 11) is 0. The molecule has 0 aromatic carbocycles. The molecule has 3 nitrogen and oxygen atoms in total. The Bertz CT molecular complexity index is 199. The Labute approximate surface area is 92.2 Å². The van der Waals surface area contributed by atoms with Crippen LogP contribution in [0.5, 0.6) is 0 Å². The molecular weight excluding hydrogens is 192 g/mol.